The Morgan fingerprint density at radius 3 is 2.50 bits per heavy atom. The lowest BCUT2D eigenvalue weighted by Crippen LogP contribution is -2.34. The van der Waals surface area contributed by atoms with Crippen LogP contribution in [0.4, 0.5) is 5.69 Å². The summed E-state index contributed by atoms with van der Waals surface area (Å²) in [6.07, 6.45) is 0.357. The van der Waals surface area contributed by atoms with E-state index in [0.717, 1.165) is 5.69 Å². The zero-order valence-corrected chi connectivity index (χ0v) is 10.1. The number of hydrogen-bond donors (Lipinski definition) is 1. The summed E-state index contributed by atoms with van der Waals surface area (Å²) in [4.78, 5) is 11.4. The molecule has 0 saturated heterocycles. The molecule has 3 nitrogen and oxygen atoms in total. The molecular formula is C13H19NO2. The maximum Gasteiger partial charge on any atom is 0.308 e. The van der Waals surface area contributed by atoms with Gasteiger partial charge in [0.25, 0.3) is 0 Å². The van der Waals surface area contributed by atoms with Gasteiger partial charge in [-0.3, -0.25) is 4.79 Å². The molecule has 0 radical (unpaired) electrons. The molecule has 0 atom stereocenters. The summed E-state index contributed by atoms with van der Waals surface area (Å²) in [6, 6.07) is 9.84. The van der Waals surface area contributed by atoms with E-state index in [1.807, 2.05) is 51.1 Å². The number of carbonyl (C=O) groups is 1. The smallest absolute Gasteiger partial charge is 0.308 e. The van der Waals surface area contributed by atoms with Gasteiger partial charge in [0, 0.05) is 11.2 Å². The van der Waals surface area contributed by atoms with Gasteiger partial charge >= 0.3 is 5.97 Å². The molecule has 0 amide bonds. The minimum atomic E-state index is -0.298. The molecule has 0 aliphatic heterocycles. The molecule has 0 bridgehead atoms. The summed E-state index contributed by atoms with van der Waals surface area (Å²) in [7, 11) is 0. The first-order chi connectivity index (χ1) is 7.53. The molecule has 16 heavy (non-hydrogen) atoms. The van der Waals surface area contributed by atoms with Crippen LogP contribution in [0.5, 0.6) is 0 Å². The second-order valence-corrected chi connectivity index (χ2v) is 4.36. The number of esters is 1. The van der Waals surface area contributed by atoms with Crippen LogP contribution in [0.25, 0.3) is 0 Å². The third kappa shape index (κ3) is 4.34. The van der Waals surface area contributed by atoms with E-state index in [9.17, 15) is 4.79 Å². The standard InChI is InChI=1S/C13H19NO2/c1-4-16-12(15)10-13(2,3)14-11-8-6-5-7-9-11/h5-9,14H,4,10H2,1-3H3. The maximum absolute atomic E-state index is 11.4. The average molecular weight is 221 g/mol. The number of hydrogen-bond acceptors (Lipinski definition) is 3. The lowest BCUT2D eigenvalue weighted by Gasteiger charge is -2.26. The van der Waals surface area contributed by atoms with E-state index in [4.69, 9.17) is 4.74 Å². The Bertz CT molecular complexity index is 333. The monoisotopic (exact) mass is 221 g/mol. The zero-order valence-electron chi connectivity index (χ0n) is 10.1. The van der Waals surface area contributed by atoms with Crippen molar-refractivity contribution in [3.63, 3.8) is 0 Å². The molecule has 0 saturated carbocycles. The Morgan fingerprint density at radius 1 is 1.31 bits per heavy atom. The molecule has 1 aromatic carbocycles. The van der Waals surface area contributed by atoms with E-state index in [2.05, 4.69) is 5.32 Å². The predicted molar refractivity (Wildman–Crippen MR) is 65.4 cm³/mol. The highest BCUT2D eigenvalue weighted by Crippen LogP contribution is 2.18. The van der Waals surface area contributed by atoms with Gasteiger partial charge in [0.15, 0.2) is 0 Å². The number of benzene rings is 1. The van der Waals surface area contributed by atoms with Crippen LogP contribution in [0.2, 0.25) is 0 Å². The first-order valence-corrected chi connectivity index (χ1v) is 5.52. The SMILES string of the molecule is CCOC(=O)CC(C)(C)Nc1ccccc1. The quantitative estimate of drug-likeness (QED) is 0.777. The predicted octanol–water partition coefficient (Wildman–Crippen LogP) is 2.83. The molecule has 0 unspecified atom stereocenters. The lowest BCUT2D eigenvalue weighted by molar-refractivity contribution is -0.144. The number of anilines is 1. The fourth-order valence-electron chi connectivity index (χ4n) is 1.53. The normalized spacial score (nSPS) is 10.9. The van der Waals surface area contributed by atoms with Crippen molar-refractivity contribution in [3.05, 3.63) is 30.3 Å². The Labute approximate surface area is 96.8 Å². The molecule has 1 N–H and O–H groups in total. The van der Waals surface area contributed by atoms with Gasteiger partial charge in [-0.15, -0.1) is 0 Å². The summed E-state index contributed by atoms with van der Waals surface area (Å²) in [6.45, 7) is 6.21. The minimum absolute atomic E-state index is 0.170. The van der Waals surface area contributed by atoms with Crippen LogP contribution in [0.15, 0.2) is 30.3 Å². The third-order valence-corrected chi connectivity index (χ3v) is 2.15. The molecule has 0 aliphatic rings. The van der Waals surface area contributed by atoms with Gasteiger partial charge in [-0.05, 0) is 32.9 Å². The number of nitrogens with one attached hydrogen (secondary N) is 1. The van der Waals surface area contributed by atoms with Gasteiger partial charge in [0.05, 0.1) is 13.0 Å². The summed E-state index contributed by atoms with van der Waals surface area (Å²) in [5, 5.41) is 3.31. The molecule has 0 heterocycles. The van der Waals surface area contributed by atoms with Crippen LogP contribution in [0, 0.1) is 0 Å². The third-order valence-electron chi connectivity index (χ3n) is 2.15. The van der Waals surface area contributed by atoms with Gasteiger partial charge in [-0.2, -0.15) is 0 Å². The summed E-state index contributed by atoms with van der Waals surface area (Å²) >= 11 is 0. The Morgan fingerprint density at radius 2 is 1.94 bits per heavy atom. The molecule has 0 spiro atoms. The Kier molecular flexibility index (Phi) is 4.35. The number of rotatable bonds is 5. The largest absolute Gasteiger partial charge is 0.466 e. The molecule has 1 aromatic rings. The van der Waals surface area contributed by atoms with Crippen molar-refractivity contribution in [2.24, 2.45) is 0 Å². The highest BCUT2D eigenvalue weighted by Gasteiger charge is 2.22. The van der Waals surface area contributed by atoms with E-state index in [1.54, 1.807) is 0 Å². The van der Waals surface area contributed by atoms with Crippen molar-refractivity contribution in [1.29, 1.82) is 0 Å². The van der Waals surface area contributed by atoms with Crippen molar-refractivity contribution in [1.82, 2.24) is 0 Å². The molecular weight excluding hydrogens is 202 g/mol. The van der Waals surface area contributed by atoms with Gasteiger partial charge in [0.2, 0.25) is 0 Å². The van der Waals surface area contributed by atoms with Gasteiger partial charge in [0.1, 0.15) is 0 Å². The fourth-order valence-corrected chi connectivity index (χ4v) is 1.53. The van der Waals surface area contributed by atoms with Crippen LogP contribution in [0.3, 0.4) is 0 Å². The molecule has 88 valence electrons. The maximum atomic E-state index is 11.4. The van der Waals surface area contributed by atoms with Crippen LogP contribution < -0.4 is 5.32 Å². The topological polar surface area (TPSA) is 38.3 Å². The summed E-state index contributed by atoms with van der Waals surface area (Å²) < 4.78 is 4.94. The van der Waals surface area contributed by atoms with Gasteiger partial charge in [-0.1, -0.05) is 18.2 Å². The molecule has 0 aromatic heterocycles. The highest BCUT2D eigenvalue weighted by molar-refractivity contribution is 5.71. The number of ether oxygens (including phenoxy) is 1. The fraction of sp³-hybridized carbons (Fsp3) is 0.462. The molecule has 0 fully saturated rings. The molecule has 3 heteroatoms. The van der Waals surface area contributed by atoms with Crippen LogP contribution in [-0.2, 0) is 9.53 Å². The van der Waals surface area contributed by atoms with Crippen molar-refractivity contribution in [3.8, 4) is 0 Å². The van der Waals surface area contributed by atoms with Crippen LogP contribution >= 0.6 is 0 Å². The lowest BCUT2D eigenvalue weighted by atomic mass is 10.0. The van der Waals surface area contributed by atoms with Gasteiger partial charge in [-0.25, -0.2) is 0 Å². The molecule has 0 aliphatic carbocycles. The Hall–Kier alpha value is -1.51. The minimum Gasteiger partial charge on any atom is -0.466 e. The zero-order chi connectivity index (χ0) is 12.0. The van der Waals surface area contributed by atoms with E-state index in [-0.39, 0.29) is 11.5 Å². The average Bonchev–Trinajstić information content (AvgIpc) is 2.17. The first kappa shape index (κ1) is 12.6. The van der Waals surface area contributed by atoms with E-state index in [1.165, 1.54) is 0 Å². The van der Waals surface area contributed by atoms with Crippen molar-refractivity contribution < 1.29 is 9.53 Å². The second-order valence-electron chi connectivity index (χ2n) is 4.36. The second kappa shape index (κ2) is 5.54. The molecule has 1 rings (SSSR count). The first-order valence-electron chi connectivity index (χ1n) is 5.52. The number of carbonyl (C=O) groups excluding carboxylic acids is 1. The van der Waals surface area contributed by atoms with E-state index >= 15 is 0 Å². The highest BCUT2D eigenvalue weighted by atomic mass is 16.5. The Balaban J connectivity index is 2.54. The summed E-state index contributed by atoms with van der Waals surface area (Å²) in [5.74, 6) is -0.170. The van der Waals surface area contributed by atoms with Crippen LogP contribution in [0.1, 0.15) is 27.2 Å². The summed E-state index contributed by atoms with van der Waals surface area (Å²) in [5.41, 5.74) is 0.713. The van der Waals surface area contributed by atoms with Crippen molar-refractivity contribution in [2.75, 3.05) is 11.9 Å². The van der Waals surface area contributed by atoms with Crippen LogP contribution in [-0.4, -0.2) is 18.1 Å². The van der Waals surface area contributed by atoms with E-state index < -0.39 is 0 Å². The van der Waals surface area contributed by atoms with Crippen molar-refractivity contribution >= 4 is 11.7 Å². The number of para-hydroxylation sites is 1. The van der Waals surface area contributed by atoms with Gasteiger partial charge < -0.3 is 10.1 Å². The van der Waals surface area contributed by atoms with Crippen molar-refractivity contribution in [2.45, 2.75) is 32.7 Å². The van der Waals surface area contributed by atoms with E-state index in [0.29, 0.717) is 13.0 Å².